The summed E-state index contributed by atoms with van der Waals surface area (Å²) < 4.78 is 0. The van der Waals surface area contributed by atoms with Crippen molar-refractivity contribution in [1.29, 1.82) is 0 Å². The Hall–Kier alpha value is 0.723. The van der Waals surface area contributed by atoms with Gasteiger partial charge in [0.2, 0.25) is 0 Å². The molecule has 0 spiro atoms. The zero-order chi connectivity index (χ0) is 9.94. The molecule has 0 aromatic rings. The van der Waals surface area contributed by atoms with Gasteiger partial charge in [-0.2, -0.15) is 0 Å². The van der Waals surface area contributed by atoms with Crippen LogP contribution in [0.2, 0.25) is 0 Å². The van der Waals surface area contributed by atoms with Gasteiger partial charge in [0, 0.05) is 24.6 Å². The topological polar surface area (TPSA) is 17.1 Å². The number of hydrogen-bond acceptors (Lipinski definition) is 1. The molecule has 0 atom stereocenters. The molecule has 0 fully saturated rings. The van der Waals surface area contributed by atoms with E-state index in [9.17, 15) is 4.79 Å². The van der Waals surface area contributed by atoms with E-state index in [2.05, 4.69) is 41.5 Å². The van der Waals surface area contributed by atoms with Crippen LogP contribution in [0, 0.1) is 0 Å². The van der Waals surface area contributed by atoms with E-state index in [1.165, 1.54) is 0 Å². The Balaban J connectivity index is 0. The van der Waals surface area contributed by atoms with E-state index in [1.54, 1.807) is 0 Å². The molecule has 0 aliphatic carbocycles. The first kappa shape index (κ1) is 16.2. The van der Waals surface area contributed by atoms with Crippen LogP contribution in [0.5, 0.6) is 0 Å². The zero-order valence-corrected chi connectivity index (χ0v) is 12.0. The third-order valence-corrected chi connectivity index (χ3v) is 5.73. The predicted molar refractivity (Wildman–Crippen MR) is 57.3 cm³/mol. The average Bonchev–Trinajstić information content (AvgIpc) is 1.84. The van der Waals surface area contributed by atoms with Crippen LogP contribution in [0.15, 0.2) is 0 Å². The second kappa shape index (κ2) is 6.25. The molecule has 1 radical (unpaired) electrons. The van der Waals surface area contributed by atoms with Crippen molar-refractivity contribution in [2.45, 2.75) is 58.0 Å². The molecule has 1 nitrogen and oxygen atoms in total. The van der Waals surface area contributed by atoms with Crippen molar-refractivity contribution in [3.8, 4) is 0 Å². The quantitative estimate of drug-likeness (QED) is 0.441. The van der Waals surface area contributed by atoms with Gasteiger partial charge in [0.15, 0.2) is 0 Å². The molecule has 0 bridgehead atoms. The molecule has 0 aliphatic rings. The van der Waals surface area contributed by atoms with Crippen LogP contribution in [0.25, 0.3) is 0 Å². The summed E-state index contributed by atoms with van der Waals surface area (Å²) in [5, 5.41) is -0.113. The van der Waals surface area contributed by atoms with Crippen LogP contribution in [-0.2, 0) is 24.3 Å². The third kappa shape index (κ3) is 4.66. The van der Waals surface area contributed by atoms with Crippen LogP contribution in [-0.4, -0.2) is 22.8 Å². The van der Waals surface area contributed by atoms with Crippen molar-refractivity contribution >= 4 is 14.2 Å². The summed E-state index contributed by atoms with van der Waals surface area (Å²) in [6.45, 7) is 13.0. The first-order valence-electron chi connectivity index (χ1n) is 4.57. The number of aldehydes is 1. The predicted octanol–water partition coefficient (Wildman–Crippen LogP) is 3.26. The van der Waals surface area contributed by atoms with E-state index in [1.807, 2.05) is 0 Å². The molecule has 0 N–H and O–H groups in total. The molecule has 0 saturated carbocycles. The Morgan fingerprint density at radius 2 is 1.38 bits per heavy atom. The minimum atomic E-state index is -0.190. The average molecular weight is 291 g/mol. The summed E-state index contributed by atoms with van der Waals surface area (Å²) in [4.78, 5) is 10.9. The van der Waals surface area contributed by atoms with E-state index in [4.69, 9.17) is 0 Å². The van der Waals surface area contributed by atoms with Gasteiger partial charge in [-0.1, -0.05) is 35.6 Å². The summed E-state index contributed by atoms with van der Waals surface area (Å²) in [5.74, 6) is 0. The number of carbonyl (C=O) groups is 1. The minimum absolute atomic E-state index is 0. The Kier molecular flexibility index (Phi) is 7.77. The van der Waals surface area contributed by atoms with Gasteiger partial charge in [-0.3, -0.25) is 0 Å². The molecule has 0 aromatic carbocycles. The summed E-state index contributed by atoms with van der Waals surface area (Å²) in [6.07, 6.45) is 1.12. The number of rotatable bonds is 4. The molecule has 13 heavy (non-hydrogen) atoms. The Labute approximate surface area is 96.6 Å². The molecule has 0 rings (SSSR count). The molecule has 0 unspecified atom stereocenters. The summed E-state index contributed by atoms with van der Waals surface area (Å²) >= 11 is 0. The number of hydrogen-bond donors (Lipinski definition) is 0. The van der Waals surface area contributed by atoms with E-state index in [0.29, 0.717) is 11.3 Å². The van der Waals surface area contributed by atoms with Gasteiger partial charge in [-0.05, 0) is 25.2 Å². The molecular weight excluding hydrogens is 270 g/mol. The van der Waals surface area contributed by atoms with Crippen molar-refractivity contribution in [3.63, 3.8) is 0 Å². The SMILES string of the molecule is CC(C)P(C(C)C)C(C)(C)C=O.[Rh]. The number of carbonyl (C=O) groups excluding carboxylic acids is 1. The molecule has 0 aliphatic heterocycles. The Morgan fingerprint density at radius 1 is 1.08 bits per heavy atom. The van der Waals surface area contributed by atoms with Gasteiger partial charge in [0.05, 0.1) is 0 Å². The third-order valence-electron chi connectivity index (χ3n) is 2.07. The van der Waals surface area contributed by atoms with E-state index in [0.717, 1.165) is 6.29 Å². The van der Waals surface area contributed by atoms with Crippen LogP contribution in [0.4, 0.5) is 0 Å². The van der Waals surface area contributed by atoms with Crippen LogP contribution >= 0.6 is 7.92 Å². The van der Waals surface area contributed by atoms with Gasteiger partial charge in [0.1, 0.15) is 6.29 Å². The van der Waals surface area contributed by atoms with E-state index < -0.39 is 0 Å². The van der Waals surface area contributed by atoms with Gasteiger partial charge < -0.3 is 4.79 Å². The Bertz CT molecular complexity index is 147. The maximum atomic E-state index is 10.9. The summed E-state index contributed by atoms with van der Waals surface area (Å²) in [6, 6.07) is 0. The molecular formula is C10H21OPRh. The standard InChI is InChI=1S/C10H21OP.Rh/c1-8(2)12(9(3)4)10(5,6)7-11;/h7-9H,1-6H3;. The molecule has 0 aromatic heterocycles. The normalized spacial score (nSPS) is 12.1. The van der Waals surface area contributed by atoms with E-state index in [-0.39, 0.29) is 32.6 Å². The van der Waals surface area contributed by atoms with Gasteiger partial charge in [-0.25, -0.2) is 0 Å². The second-order valence-electron chi connectivity index (χ2n) is 4.37. The first-order valence-corrected chi connectivity index (χ1v) is 6.05. The summed E-state index contributed by atoms with van der Waals surface area (Å²) in [7, 11) is -0.190. The van der Waals surface area contributed by atoms with Crippen molar-refractivity contribution in [1.82, 2.24) is 0 Å². The Morgan fingerprint density at radius 3 is 1.46 bits per heavy atom. The molecule has 0 amide bonds. The minimum Gasteiger partial charge on any atom is -0.302 e. The van der Waals surface area contributed by atoms with Crippen molar-refractivity contribution in [2.24, 2.45) is 0 Å². The van der Waals surface area contributed by atoms with Gasteiger partial charge in [-0.15, -0.1) is 0 Å². The molecule has 0 saturated heterocycles. The van der Waals surface area contributed by atoms with Gasteiger partial charge in [0.25, 0.3) is 0 Å². The maximum Gasteiger partial charge on any atom is 0.129 e. The first-order chi connectivity index (χ1) is 5.33. The van der Waals surface area contributed by atoms with Crippen LogP contribution < -0.4 is 0 Å². The van der Waals surface area contributed by atoms with Crippen LogP contribution in [0.1, 0.15) is 41.5 Å². The van der Waals surface area contributed by atoms with Crippen molar-refractivity contribution < 1.29 is 24.3 Å². The van der Waals surface area contributed by atoms with Crippen molar-refractivity contribution in [3.05, 3.63) is 0 Å². The maximum absolute atomic E-state index is 10.9. The fourth-order valence-electron chi connectivity index (χ4n) is 1.99. The largest absolute Gasteiger partial charge is 0.302 e. The zero-order valence-electron chi connectivity index (χ0n) is 9.42. The smallest absolute Gasteiger partial charge is 0.129 e. The monoisotopic (exact) mass is 291 g/mol. The van der Waals surface area contributed by atoms with Crippen molar-refractivity contribution in [2.75, 3.05) is 0 Å². The molecule has 0 heterocycles. The summed E-state index contributed by atoms with van der Waals surface area (Å²) in [5.41, 5.74) is 1.28. The second-order valence-corrected chi connectivity index (χ2v) is 8.40. The van der Waals surface area contributed by atoms with Crippen LogP contribution in [0.3, 0.4) is 0 Å². The van der Waals surface area contributed by atoms with E-state index >= 15 is 0 Å². The fourth-order valence-corrected chi connectivity index (χ4v) is 5.96. The molecule has 81 valence electrons. The molecule has 3 heteroatoms. The fraction of sp³-hybridized carbons (Fsp3) is 0.900. The van der Waals surface area contributed by atoms with Gasteiger partial charge >= 0.3 is 0 Å².